The first-order chi connectivity index (χ1) is 8.06. The molecule has 1 aromatic heterocycles. The minimum absolute atomic E-state index is 0.0957. The topological polar surface area (TPSA) is 50.2 Å². The summed E-state index contributed by atoms with van der Waals surface area (Å²) in [5, 5.41) is 10.3. The summed E-state index contributed by atoms with van der Waals surface area (Å²) < 4.78 is 0. The Labute approximate surface area is 104 Å². The van der Waals surface area contributed by atoms with E-state index in [1.165, 1.54) is 0 Å². The molecule has 17 heavy (non-hydrogen) atoms. The maximum absolute atomic E-state index is 10.5. The zero-order chi connectivity index (χ0) is 12.4. The molecule has 1 N–H and O–H groups in total. The molecule has 3 nitrogen and oxygen atoms in total. The Morgan fingerprint density at radius 3 is 2.88 bits per heavy atom. The van der Waals surface area contributed by atoms with E-state index in [2.05, 4.69) is 4.98 Å². The van der Waals surface area contributed by atoms with Crippen molar-refractivity contribution in [2.75, 3.05) is 0 Å². The number of carbonyl (C=O) groups is 1. The zero-order valence-electron chi connectivity index (χ0n) is 9.40. The molecule has 0 atom stereocenters. The summed E-state index contributed by atoms with van der Waals surface area (Å²) in [5.74, 6) is -0.810. The van der Waals surface area contributed by atoms with Gasteiger partial charge in [-0.05, 0) is 30.7 Å². The van der Waals surface area contributed by atoms with Crippen LogP contribution in [0.4, 0.5) is 0 Å². The van der Waals surface area contributed by atoms with E-state index in [9.17, 15) is 4.79 Å². The van der Waals surface area contributed by atoms with E-state index in [-0.39, 0.29) is 6.42 Å². The second-order valence-electron chi connectivity index (χ2n) is 3.99. The Hall–Kier alpha value is -1.61. The number of pyridine rings is 1. The fraction of sp³-hybridized carbons (Fsp3) is 0.231. The lowest BCUT2D eigenvalue weighted by Crippen LogP contribution is -2.00. The number of halogens is 1. The number of aliphatic carboxylic acids is 1. The summed E-state index contributed by atoms with van der Waals surface area (Å²) in [5.41, 5.74) is 2.70. The van der Waals surface area contributed by atoms with Gasteiger partial charge in [0.15, 0.2) is 0 Å². The van der Waals surface area contributed by atoms with Gasteiger partial charge in [0.25, 0.3) is 0 Å². The monoisotopic (exact) mass is 249 g/mol. The quantitative estimate of drug-likeness (QED) is 0.909. The van der Waals surface area contributed by atoms with Gasteiger partial charge in [0.1, 0.15) is 0 Å². The van der Waals surface area contributed by atoms with Gasteiger partial charge in [-0.2, -0.15) is 0 Å². The van der Waals surface area contributed by atoms with Gasteiger partial charge in [0, 0.05) is 22.5 Å². The van der Waals surface area contributed by atoms with Crippen LogP contribution in [-0.2, 0) is 11.2 Å². The van der Waals surface area contributed by atoms with Crippen molar-refractivity contribution in [1.29, 1.82) is 0 Å². The second kappa shape index (κ2) is 4.72. The summed E-state index contributed by atoms with van der Waals surface area (Å²) in [7, 11) is 0. The lowest BCUT2D eigenvalue weighted by Gasteiger charge is -2.06. The molecule has 4 heteroatoms. The Morgan fingerprint density at radius 1 is 1.41 bits per heavy atom. The van der Waals surface area contributed by atoms with Crippen LogP contribution in [0.2, 0.25) is 5.02 Å². The van der Waals surface area contributed by atoms with Crippen LogP contribution in [0.3, 0.4) is 0 Å². The van der Waals surface area contributed by atoms with Crippen molar-refractivity contribution >= 4 is 28.5 Å². The third kappa shape index (κ3) is 2.74. The summed E-state index contributed by atoms with van der Waals surface area (Å²) in [6.07, 6.45) is 0.539. The molecule has 0 aliphatic heterocycles. The third-order valence-corrected chi connectivity index (χ3v) is 2.86. The maximum atomic E-state index is 10.5. The summed E-state index contributed by atoms with van der Waals surface area (Å²) in [6, 6.07) is 7.49. The molecule has 0 saturated carbocycles. The first-order valence-corrected chi connectivity index (χ1v) is 5.71. The molecule has 0 spiro atoms. The number of aryl methyl sites for hydroxylation is 2. The van der Waals surface area contributed by atoms with Gasteiger partial charge in [0.2, 0.25) is 0 Å². The molecule has 0 radical (unpaired) electrons. The minimum atomic E-state index is -0.810. The van der Waals surface area contributed by atoms with E-state index in [1.54, 1.807) is 6.07 Å². The van der Waals surface area contributed by atoms with Crippen LogP contribution in [0, 0.1) is 6.92 Å². The summed E-state index contributed by atoms with van der Waals surface area (Å²) in [6.45, 7) is 1.99. The van der Waals surface area contributed by atoms with Crippen molar-refractivity contribution in [3.05, 3.63) is 40.5 Å². The lowest BCUT2D eigenvalue weighted by atomic mass is 10.1. The zero-order valence-corrected chi connectivity index (χ0v) is 10.2. The maximum Gasteiger partial charge on any atom is 0.303 e. The Kier molecular flexibility index (Phi) is 3.29. The van der Waals surface area contributed by atoms with Gasteiger partial charge < -0.3 is 5.11 Å². The SMILES string of the molecule is Cc1cc(CCC(=O)O)nc2cc(Cl)ccc12. The molecule has 0 bridgehead atoms. The molecule has 2 aromatic rings. The van der Waals surface area contributed by atoms with Crippen molar-refractivity contribution in [2.24, 2.45) is 0 Å². The normalized spacial score (nSPS) is 10.7. The molecular formula is C13H12ClNO2. The van der Waals surface area contributed by atoms with Crippen molar-refractivity contribution in [3.8, 4) is 0 Å². The van der Waals surface area contributed by atoms with E-state index >= 15 is 0 Å². The highest BCUT2D eigenvalue weighted by atomic mass is 35.5. The van der Waals surface area contributed by atoms with E-state index in [1.807, 2.05) is 25.1 Å². The second-order valence-corrected chi connectivity index (χ2v) is 4.42. The number of hydrogen-bond donors (Lipinski definition) is 1. The van der Waals surface area contributed by atoms with Crippen LogP contribution < -0.4 is 0 Å². The predicted octanol–water partition coefficient (Wildman–Crippen LogP) is 3.21. The van der Waals surface area contributed by atoms with Crippen LogP contribution in [-0.4, -0.2) is 16.1 Å². The lowest BCUT2D eigenvalue weighted by molar-refractivity contribution is -0.136. The van der Waals surface area contributed by atoms with E-state index < -0.39 is 5.97 Å². The van der Waals surface area contributed by atoms with E-state index in [0.29, 0.717) is 11.4 Å². The molecule has 88 valence electrons. The molecule has 0 amide bonds. The number of aromatic nitrogens is 1. The number of rotatable bonds is 3. The van der Waals surface area contributed by atoms with Crippen molar-refractivity contribution in [2.45, 2.75) is 19.8 Å². The van der Waals surface area contributed by atoms with Crippen LogP contribution in [0.5, 0.6) is 0 Å². The smallest absolute Gasteiger partial charge is 0.303 e. The fourth-order valence-electron chi connectivity index (χ4n) is 1.81. The van der Waals surface area contributed by atoms with Gasteiger partial charge in [0.05, 0.1) is 11.9 Å². The highest BCUT2D eigenvalue weighted by Crippen LogP contribution is 2.22. The van der Waals surface area contributed by atoms with Gasteiger partial charge in [-0.3, -0.25) is 9.78 Å². The number of carboxylic acids is 1. The Morgan fingerprint density at radius 2 is 2.18 bits per heavy atom. The molecular weight excluding hydrogens is 238 g/mol. The largest absolute Gasteiger partial charge is 0.481 e. The van der Waals surface area contributed by atoms with Crippen LogP contribution >= 0.6 is 11.6 Å². The average molecular weight is 250 g/mol. The van der Waals surface area contributed by atoms with Crippen molar-refractivity contribution in [3.63, 3.8) is 0 Å². The van der Waals surface area contributed by atoms with Crippen LogP contribution in [0.25, 0.3) is 10.9 Å². The molecule has 0 unspecified atom stereocenters. The first-order valence-electron chi connectivity index (χ1n) is 5.34. The Bertz CT molecular complexity index is 581. The molecule has 2 rings (SSSR count). The number of nitrogens with zero attached hydrogens (tertiary/aromatic N) is 1. The molecule has 0 aliphatic carbocycles. The summed E-state index contributed by atoms with van der Waals surface area (Å²) in [4.78, 5) is 14.9. The molecule has 0 fully saturated rings. The summed E-state index contributed by atoms with van der Waals surface area (Å²) >= 11 is 5.92. The fourth-order valence-corrected chi connectivity index (χ4v) is 1.97. The highest BCUT2D eigenvalue weighted by Gasteiger charge is 2.05. The number of fused-ring (bicyclic) bond motifs is 1. The average Bonchev–Trinajstić information content (AvgIpc) is 2.25. The highest BCUT2D eigenvalue weighted by molar-refractivity contribution is 6.31. The molecule has 0 saturated heterocycles. The first kappa shape index (κ1) is 11.9. The van der Waals surface area contributed by atoms with Crippen molar-refractivity contribution < 1.29 is 9.90 Å². The van der Waals surface area contributed by atoms with Gasteiger partial charge >= 0.3 is 5.97 Å². The standard InChI is InChI=1S/C13H12ClNO2/c1-8-6-10(3-5-13(16)17)15-12-7-9(14)2-4-11(8)12/h2,4,6-7H,3,5H2,1H3,(H,16,17). The molecule has 1 heterocycles. The number of carboxylic acid groups (broad SMARTS) is 1. The van der Waals surface area contributed by atoms with Crippen molar-refractivity contribution in [1.82, 2.24) is 4.98 Å². The van der Waals surface area contributed by atoms with E-state index in [0.717, 1.165) is 22.2 Å². The molecule has 1 aromatic carbocycles. The van der Waals surface area contributed by atoms with Gasteiger partial charge in [-0.15, -0.1) is 0 Å². The van der Waals surface area contributed by atoms with Crippen LogP contribution in [0.15, 0.2) is 24.3 Å². The minimum Gasteiger partial charge on any atom is -0.481 e. The Balaban J connectivity index is 2.42. The van der Waals surface area contributed by atoms with Crippen LogP contribution in [0.1, 0.15) is 17.7 Å². The van der Waals surface area contributed by atoms with E-state index in [4.69, 9.17) is 16.7 Å². The van der Waals surface area contributed by atoms with Gasteiger partial charge in [-0.25, -0.2) is 0 Å². The third-order valence-electron chi connectivity index (χ3n) is 2.63. The molecule has 0 aliphatic rings. The number of benzene rings is 1. The number of hydrogen-bond acceptors (Lipinski definition) is 2. The predicted molar refractivity (Wildman–Crippen MR) is 67.4 cm³/mol. The van der Waals surface area contributed by atoms with Gasteiger partial charge in [-0.1, -0.05) is 17.7 Å².